The average Bonchev–Trinajstić information content (AvgIpc) is 3.37. The molecule has 180 valence electrons. The zero-order valence-electron chi connectivity index (χ0n) is 19.7. The van der Waals surface area contributed by atoms with E-state index in [2.05, 4.69) is 17.2 Å². The second-order valence-corrected chi connectivity index (χ2v) is 7.74. The summed E-state index contributed by atoms with van der Waals surface area (Å²) in [5, 5.41) is 10.1. The molecule has 0 radical (unpaired) electrons. The minimum atomic E-state index is -0.846. The van der Waals surface area contributed by atoms with Crippen molar-refractivity contribution >= 4 is 12.0 Å². The van der Waals surface area contributed by atoms with Gasteiger partial charge in [0.1, 0.15) is 6.61 Å². The van der Waals surface area contributed by atoms with Crippen LogP contribution >= 0.6 is 0 Å². The van der Waals surface area contributed by atoms with Crippen LogP contribution in [0.3, 0.4) is 0 Å². The topological polar surface area (TPSA) is 104 Å². The second-order valence-electron chi connectivity index (χ2n) is 7.74. The molecular weight excluding hydrogens is 448 g/mol. The molecule has 0 fully saturated rings. The molecule has 0 bridgehead atoms. The molecule has 2 heterocycles. The Morgan fingerprint density at radius 3 is 2.63 bits per heavy atom. The Morgan fingerprint density at radius 1 is 1.17 bits per heavy atom. The lowest BCUT2D eigenvalue weighted by Crippen LogP contribution is -2.45. The molecule has 35 heavy (non-hydrogen) atoms. The summed E-state index contributed by atoms with van der Waals surface area (Å²) in [7, 11) is 3.02. The van der Waals surface area contributed by atoms with E-state index in [1.807, 2.05) is 48.7 Å². The van der Waals surface area contributed by atoms with Crippen molar-refractivity contribution in [1.29, 1.82) is 0 Å². The Balaban J connectivity index is 1.84. The smallest absolute Gasteiger partial charge is 0.338 e. The molecule has 0 saturated carbocycles. The molecule has 0 spiro atoms. The Labute approximate surface area is 203 Å². The molecular formula is C26H26N4O5. The predicted octanol–water partition coefficient (Wildman–Crippen LogP) is 3.91. The third kappa shape index (κ3) is 4.74. The van der Waals surface area contributed by atoms with Gasteiger partial charge in [-0.3, -0.25) is 0 Å². The summed E-state index contributed by atoms with van der Waals surface area (Å²) in [6.07, 6.45) is 3.33. The van der Waals surface area contributed by atoms with Crippen molar-refractivity contribution in [1.82, 2.24) is 20.4 Å². The number of hydrogen-bond acceptors (Lipinski definition) is 6. The number of carbonyl (C=O) groups excluding carboxylic acids is 2. The summed E-state index contributed by atoms with van der Waals surface area (Å²) in [6, 6.07) is 13.9. The first kappa shape index (κ1) is 23.6. The fourth-order valence-corrected chi connectivity index (χ4v) is 3.97. The SMILES string of the molecule is C=CCOC(=O)C1=C(C)NC(=O)N[C@H]1c1cc(-c2ccn(-c3ccccc3)n2)cc(OC)c1OC. The maximum absolute atomic E-state index is 12.9. The van der Waals surface area contributed by atoms with Crippen LogP contribution in [-0.4, -0.2) is 42.6 Å². The third-order valence-corrected chi connectivity index (χ3v) is 5.55. The lowest BCUT2D eigenvalue weighted by Gasteiger charge is -2.29. The summed E-state index contributed by atoms with van der Waals surface area (Å²) < 4.78 is 18.3. The Morgan fingerprint density at radius 2 is 1.94 bits per heavy atom. The highest BCUT2D eigenvalue weighted by atomic mass is 16.5. The Bertz CT molecular complexity index is 1300. The van der Waals surface area contributed by atoms with E-state index in [-0.39, 0.29) is 12.2 Å². The number of ether oxygens (including phenoxy) is 3. The number of hydrogen-bond donors (Lipinski definition) is 2. The largest absolute Gasteiger partial charge is 0.493 e. The van der Waals surface area contributed by atoms with E-state index in [9.17, 15) is 9.59 Å². The molecule has 1 aliphatic heterocycles. The minimum Gasteiger partial charge on any atom is -0.493 e. The van der Waals surface area contributed by atoms with Gasteiger partial charge in [-0.05, 0) is 37.3 Å². The number of esters is 1. The van der Waals surface area contributed by atoms with Gasteiger partial charge in [0.15, 0.2) is 11.5 Å². The number of amides is 2. The van der Waals surface area contributed by atoms with Gasteiger partial charge in [-0.15, -0.1) is 0 Å². The molecule has 0 unspecified atom stereocenters. The molecule has 2 amide bonds. The van der Waals surface area contributed by atoms with Crippen LogP contribution in [0.15, 0.2) is 78.7 Å². The van der Waals surface area contributed by atoms with Gasteiger partial charge >= 0.3 is 12.0 Å². The first-order valence-corrected chi connectivity index (χ1v) is 10.9. The van der Waals surface area contributed by atoms with Gasteiger partial charge in [0.25, 0.3) is 0 Å². The van der Waals surface area contributed by atoms with Gasteiger partial charge in [-0.1, -0.05) is 30.9 Å². The maximum Gasteiger partial charge on any atom is 0.338 e. The van der Waals surface area contributed by atoms with Gasteiger partial charge in [0, 0.05) is 23.0 Å². The van der Waals surface area contributed by atoms with Gasteiger partial charge in [0.05, 0.1) is 37.2 Å². The van der Waals surface area contributed by atoms with Crippen LogP contribution in [0.2, 0.25) is 0 Å². The minimum absolute atomic E-state index is 0.0354. The van der Waals surface area contributed by atoms with E-state index >= 15 is 0 Å². The number of nitrogens with one attached hydrogen (secondary N) is 2. The van der Waals surface area contributed by atoms with Crippen LogP contribution < -0.4 is 20.1 Å². The number of allylic oxidation sites excluding steroid dienone is 1. The monoisotopic (exact) mass is 474 g/mol. The van der Waals surface area contributed by atoms with E-state index in [0.29, 0.717) is 28.5 Å². The molecule has 1 atom stereocenters. The zero-order valence-corrected chi connectivity index (χ0v) is 19.7. The highest BCUT2D eigenvalue weighted by molar-refractivity contribution is 5.95. The molecule has 2 N–H and O–H groups in total. The van der Waals surface area contributed by atoms with Crippen LogP contribution in [0.4, 0.5) is 4.79 Å². The lowest BCUT2D eigenvalue weighted by atomic mass is 9.92. The first-order chi connectivity index (χ1) is 17.0. The summed E-state index contributed by atoms with van der Waals surface area (Å²) in [5.74, 6) is 0.228. The second kappa shape index (κ2) is 10.2. The van der Waals surface area contributed by atoms with E-state index < -0.39 is 18.0 Å². The van der Waals surface area contributed by atoms with Crippen molar-refractivity contribution in [3.63, 3.8) is 0 Å². The lowest BCUT2D eigenvalue weighted by molar-refractivity contribution is -0.138. The summed E-state index contributed by atoms with van der Waals surface area (Å²) in [5.41, 5.74) is 3.46. The number of urea groups is 1. The quantitative estimate of drug-likeness (QED) is 0.379. The fourth-order valence-electron chi connectivity index (χ4n) is 3.97. The van der Waals surface area contributed by atoms with Crippen molar-refractivity contribution in [2.75, 3.05) is 20.8 Å². The van der Waals surface area contributed by atoms with Gasteiger partial charge in [-0.25, -0.2) is 14.3 Å². The predicted molar refractivity (Wildman–Crippen MR) is 130 cm³/mol. The Hall–Kier alpha value is -4.53. The molecule has 4 rings (SSSR count). The number of nitrogens with zero attached hydrogens (tertiary/aromatic N) is 2. The number of rotatable bonds is 8. The molecule has 1 aromatic heterocycles. The van der Waals surface area contributed by atoms with E-state index in [4.69, 9.17) is 19.3 Å². The van der Waals surface area contributed by atoms with Crippen LogP contribution in [0, 0.1) is 0 Å². The van der Waals surface area contributed by atoms with Crippen molar-refractivity contribution in [2.24, 2.45) is 0 Å². The van der Waals surface area contributed by atoms with Gasteiger partial charge in [-0.2, -0.15) is 5.10 Å². The molecule has 1 aliphatic rings. The number of para-hydroxylation sites is 1. The van der Waals surface area contributed by atoms with Crippen LogP contribution in [-0.2, 0) is 9.53 Å². The number of aromatic nitrogens is 2. The highest BCUT2D eigenvalue weighted by Crippen LogP contribution is 2.42. The highest BCUT2D eigenvalue weighted by Gasteiger charge is 2.35. The van der Waals surface area contributed by atoms with E-state index in [0.717, 1.165) is 11.3 Å². The molecule has 3 aromatic rings. The van der Waals surface area contributed by atoms with Gasteiger partial charge < -0.3 is 24.8 Å². The van der Waals surface area contributed by atoms with Gasteiger partial charge in [0.2, 0.25) is 0 Å². The zero-order chi connectivity index (χ0) is 24.9. The molecule has 9 heteroatoms. The normalized spacial score (nSPS) is 15.2. The van der Waals surface area contributed by atoms with Crippen molar-refractivity contribution < 1.29 is 23.8 Å². The van der Waals surface area contributed by atoms with E-state index in [1.54, 1.807) is 17.7 Å². The van der Waals surface area contributed by atoms with Crippen molar-refractivity contribution in [3.8, 4) is 28.4 Å². The molecule has 0 aliphatic carbocycles. The summed E-state index contributed by atoms with van der Waals surface area (Å²) in [4.78, 5) is 25.3. The number of benzene rings is 2. The average molecular weight is 475 g/mol. The molecule has 2 aromatic carbocycles. The van der Waals surface area contributed by atoms with E-state index in [1.165, 1.54) is 20.3 Å². The van der Waals surface area contributed by atoms with Crippen LogP contribution in [0.1, 0.15) is 18.5 Å². The summed E-state index contributed by atoms with van der Waals surface area (Å²) in [6.45, 7) is 5.26. The van der Waals surface area contributed by atoms with Crippen LogP contribution in [0.25, 0.3) is 16.9 Å². The van der Waals surface area contributed by atoms with Crippen molar-refractivity contribution in [2.45, 2.75) is 13.0 Å². The third-order valence-electron chi connectivity index (χ3n) is 5.55. The first-order valence-electron chi connectivity index (χ1n) is 10.9. The Kier molecular flexibility index (Phi) is 6.86. The molecule has 9 nitrogen and oxygen atoms in total. The van der Waals surface area contributed by atoms with Crippen LogP contribution in [0.5, 0.6) is 11.5 Å². The fraction of sp³-hybridized carbons (Fsp3) is 0.192. The summed E-state index contributed by atoms with van der Waals surface area (Å²) >= 11 is 0. The molecule has 0 saturated heterocycles. The maximum atomic E-state index is 12.9. The van der Waals surface area contributed by atoms with Crippen molar-refractivity contribution in [3.05, 3.63) is 84.2 Å². The number of carbonyl (C=O) groups is 2. The standard InChI is InChI=1S/C26H26N4O5/c1-5-13-35-25(31)22-16(2)27-26(32)28-23(22)19-14-17(15-21(33-3)24(19)34-4)20-11-12-30(29-20)18-9-7-6-8-10-18/h5-12,14-15,23H,1,13H2,2-4H3,(H2,27,28,32)/t23-/m0/s1. The number of methoxy groups -OCH3 is 2.